The molecule has 0 aromatic heterocycles. The first-order chi connectivity index (χ1) is 23.5. The van der Waals surface area contributed by atoms with E-state index in [9.17, 15) is 44.3 Å². The number of amides is 2. The third-order valence-electron chi connectivity index (χ3n) is 7.98. The zero-order valence-corrected chi connectivity index (χ0v) is 30.6. The zero-order chi connectivity index (χ0) is 38.7. The van der Waals surface area contributed by atoms with E-state index in [1.807, 2.05) is 6.26 Å². The number of sulfone groups is 1. The molecular formula is C34H45F6N3O6S2. The first-order valence-corrected chi connectivity index (χ1v) is 19.1. The molecule has 286 valence electrons. The van der Waals surface area contributed by atoms with Gasteiger partial charge in [0.1, 0.15) is 0 Å². The molecular weight excluding hydrogens is 725 g/mol. The van der Waals surface area contributed by atoms with Crippen molar-refractivity contribution in [2.24, 2.45) is 17.8 Å². The van der Waals surface area contributed by atoms with Crippen molar-refractivity contribution in [1.82, 2.24) is 15.5 Å². The fourth-order valence-electron chi connectivity index (χ4n) is 5.75. The monoisotopic (exact) mass is 769 g/mol. The summed E-state index contributed by atoms with van der Waals surface area (Å²) in [6, 6.07) is 10.4. The number of carboxylic acids is 1. The number of nitrogens with zero attached hydrogens (tertiary/aromatic N) is 1. The molecule has 0 heterocycles. The van der Waals surface area contributed by atoms with Gasteiger partial charge < -0.3 is 15.7 Å². The molecule has 0 saturated heterocycles. The topological polar surface area (TPSA) is 133 Å². The Hall–Kier alpha value is -3.31. The van der Waals surface area contributed by atoms with Gasteiger partial charge in [-0.3, -0.25) is 14.5 Å². The van der Waals surface area contributed by atoms with E-state index in [0.29, 0.717) is 24.7 Å². The van der Waals surface area contributed by atoms with Gasteiger partial charge in [-0.05, 0) is 85.7 Å². The highest BCUT2D eigenvalue weighted by molar-refractivity contribution is 7.98. The van der Waals surface area contributed by atoms with Crippen LogP contribution in [0.3, 0.4) is 0 Å². The van der Waals surface area contributed by atoms with Gasteiger partial charge in [-0.1, -0.05) is 33.8 Å². The minimum Gasteiger partial charge on any atom is -0.475 e. The summed E-state index contributed by atoms with van der Waals surface area (Å²) in [5, 5.41) is 12.5. The maximum atomic E-state index is 13.4. The number of carboxylic acid groups (broad SMARTS) is 1. The van der Waals surface area contributed by atoms with Gasteiger partial charge in [0, 0.05) is 35.6 Å². The van der Waals surface area contributed by atoms with Gasteiger partial charge in [-0.25, -0.2) is 13.2 Å². The standard InChI is InChI=1S/C32H44F3N3O4S2.C2HF3O2/c1-21(2)18-38(19-22(3)4)26-10-9-24(20-44(41,42)28-13-11-27(43-5)12-14-28)29(16-26)37-30(39)17-36-31(40)23-7-6-8-25(15-23)32(33,34)35;3-2(4,5)1(6)7/h6-8,11-15,21-22,24,26,29H,9-10,16-20H2,1-5H3,(H,36,40)(H,37,39);(H,6,7)/t24-,26+,29-;/m0./s1. The van der Waals surface area contributed by atoms with Crippen molar-refractivity contribution in [1.29, 1.82) is 0 Å². The number of hydrogen-bond donors (Lipinski definition) is 3. The first-order valence-electron chi connectivity index (χ1n) is 16.2. The number of nitrogens with one attached hydrogen (secondary N) is 2. The molecule has 2 aromatic carbocycles. The van der Waals surface area contributed by atoms with Crippen LogP contribution in [0, 0.1) is 17.8 Å². The Kier molecular flexibility index (Phi) is 16.3. The number of carbonyl (C=O) groups is 3. The summed E-state index contributed by atoms with van der Waals surface area (Å²) >= 11 is 1.52. The van der Waals surface area contributed by atoms with Gasteiger partial charge in [0.25, 0.3) is 5.91 Å². The van der Waals surface area contributed by atoms with E-state index in [2.05, 4.69) is 43.2 Å². The summed E-state index contributed by atoms with van der Waals surface area (Å²) in [7, 11) is -3.64. The van der Waals surface area contributed by atoms with E-state index in [1.165, 1.54) is 17.8 Å². The smallest absolute Gasteiger partial charge is 0.475 e. The zero-order valence-electron chi connectivity index (χ0n) is 29.0. The quantitative estimate of drug-likeness (QED) is 0.155. The highest BCUT2D eigenvalue weighted by Crippen LogP contribution is 2.32. The fraction of sp³-hybridized carbons (Fsp3) is 0.559. The second-order valence-electron chi connectivity index (χ2n) is 13.2. The Bertz CT molecular complexity index is 1560. The van der Waals surface area contributed by atoms with E-state index in [-0.39, 0.29) is 28.2 Å². The normalized spacial score (nSPS) is 18.3. The highest BCUT2D eigenvalue weighted by atomic mass is 32.2. The molecule has 0 bridgehead atoms. The molecule has 2 amide bonds. The molecule has 3 atom stereocenters. The van der Waals surface area contributed by atoms with Crippen molar-refractivity contribution in [2.45, 2.75) is 81.2 Å². The summed E-state index contributed by atoms with van der Waals surface area (Å²) in [6.45, 7) is 9.91. The van der Waals surface area contributed by atoms with Crippen LogP contribution >= 0.6 is 11.8 Å². The molecule has 3 N–H and O–H groups in total. The Morgan fingerprint density at radius 1 is 0.941 bits per heavy atom. The van der Waals surface area contributed by atoms with Gasteiger partial charge >= 0.3 is 18.3 Å². The number of carbonyl (C=O) groups excluding carboxylic acids is 2. The van der Waals surface area contributed by atoms with E-state index in [1.54, 1.807) is 24.3 Å². The molecule has 9 nitrogen and oxygen atoms in total. The lowest BCUT2D eigenvalue weighted by molar-refractivity contribution is -0.192. The SMILES string of the molecule is CSc1ccc(S(=O)(=O)C[C@@H]2CC[C@@H](N(CC(C)C)CC(C)C)C[C@@H]2NC(=O)CNC(=O)c2cccc(C(F)(F)F)c2)cc1.O=C(O)C(F)(F)F. The molecule has 1 aliphatic carbocycles. The van der Waals surface area contributed by atoms with Gasteiger partial charge in [-0.15, -0.1) is 11.8 Å². The largest absolute Gasteiger partial charge is 0.490 e. The van der Waals surface area contributed by atoms with Crippen LogP contribution in [0.25, 0.3) is 0 Å². The van der Waals surface area contributed by atoms with Crippen LogP contribution in [0.2, 0.25) is 0 Å². The van der Waals surface area contributed by atoms with Crippen LogP contribution in [0.5, 0.6) is 0 Å². The number of thioether (sulfide) groups is 1. The molecule has 51 heavy (non-hydrogen) atoms. The maximum Gasteiger partial charge on any atom is 0.490 e. The average Bonchev–Trinajstić information content (AvgIpc) is 3.03. The summed E-state index contributed by atoms with van der Waals surface area (Å²) in [6.07, 6.45) is -5.82. The summed E-state index contributed by atoms with van der Waals surface area (Å²) < 4.78 is 97.9. The van der Waals surface area contributed by atoms with Gasteiger partial charge in [0.15, 0.2) is 9.84 Å². The lowest BCUT2D eigenvalue weighted by Gasteiger charge is -2.42. The van der Waals surface area contributed by atoms with Crippen LogP contribution in [-0.2, 0) is 25.6 Å². The third kappa shape index (κ3) is 14.7. The number of benzene rings is 2. The third-order valence-corrected chi connectivity index (χ3v) is 10.6. The Morgan fingerprint density at radius 3 is 2.00 bits per heavy atom. The van der Waals surface area contributed by atoms with E-state index >= 15 is 0 Å². The average molecular weight is 770 g/mol. The minimum atomic E-state index is -5.08. The van der Waals surface area contributed by atoms with Crippen molar-refractivity contribution in [2.75, 3.05) is 31.6 Å². The number of aliphatic carboxylic acids is 1. The van der Waals surface area contributed by atoms with Gasteiger partial charge in [0.2, 0.25) is 5.91 Å². The molecule has 0 aliphatic heterocycles. The minimum absolute atomic E-state index is 0.131. The predicted octanol–water partition coefficient (Wildman–Crippen LogP) is 6.53. The molecule has 17 heteroatoms. The lowest BCUT2D eigenvalue weighted by atomic mass is 9.81. The van der Waals surface area contributed by atoms with Crippen LogP contribution in [0.1, 0.15) is 62.9 Å². The predicted molar refractivity (Wildman–Crippen MR) is 182 cm³/mol. The Balaban J connectivity index is 0.00000116. The number of hydrogen-bond acceptors (Lipinski definition) is 7. The molecule has 0 unspecified atom stereocenters. The summed E-state index contributed by atoms with van der Waals surface area (Å²) in [4.78, 5) is 38.2. The highest BCUT2D eigenvalue weighted by Gasteiger charge is 2.39. The van der Waals surface area contributed by atoms with Crippen molar-refractivity contribution >= 4 is 39.4 Å². The second kappa shape index (κ2) is 19.0. The van der Waals surface area contributed by atoms with Crippen LogP contribution in [-0.4, -0.2) is 86.1 Å². The Morgan fingerprint density at radius 2 is 1.51 bits per heavy atom. The van der Waals surface area contributed by atoms with Crippen molar-refractivity contribution < 1.29 is 54.3 Å². The Labute approximate surface area is 298 Å². The number of halogens is 6. The van der Waals surface area contributed by atoms with E-state index in [0.717, 1.165) is 42.6 Å². The molecule has 1 saturated carbocycles. The number of alkyl halides is 6. The van der Waals surface area contributed by atoms with Gasteiger partial charge in [-0.2, -0.15) is 26.3 Å². The molecule has 2 aromatic rings. The maximum absolute atomic E-state index is 13.4. The fourth-order valence-corrected chi connectivity index (χ4v) is 7.86. The van der Waals surface area contributed by atoms with Crippen molar-refractivity contribution in [3.05, 3.63) is 59.7 Å². The summed E-state index contributed by atoms with van der Waals surface area (Å²) in [5.74, 6) is -3.71. The number of rotatable bonds is 13. The lowest BCUT2D eigenvalue weighted by Crippen LogP contribution is -2.53. The van der Waals surface area contributed by atoms with Crippen LogP contribution < -0.4 is 10.6 Å². The van der Waals surface area contributed by atoms with Crippen molar-refractivity contribution in [3.8, 4) is 0 Å². The molecule has 1 aliphatic rings. The molecule has 3 rings (SSSR count). The molecule has 0 spiro atoms. The first kappa shape index (κ1) is 43.9. The van der Waals surface area contributed by atoms with Crippen LogP contribution in [0.4, 0.5) is 26.3 Å². The van der Waals surface area contributed by atoms with Crippen molar-refractivity contribution in [3.63, 3.8) is 0 Å². The second-order valence-corrected chi connectivity index (χ2v) is 16.1. The van der Waals surface area contributed by atoms with E-state index < -0.39 is 58.1 Å². The molecule has 0 radical (unpaired) electrons. The van der Waals surface area contributed by atoms with Gasteiger partial charge in [0.05, 0.1) is 22.8 Å². The summed E-state index contributed by atoms with van der Waals surface area (Å²) in [5.41, 5.74) is -1.16. The molecule has 1 fully saturated rings. The van der Waals surface area contributed by atoms with Crippen LogP contribution in [0.15, 0.2) is 58.3 Å². The van der Waals surface area contributed by atoms with E-state index in [4.69, 9.17) is 9.90 Å².